The van der Waals surface area contributed by atoms with Crippen molar-refractivity contribution in [3.05, 3.63) is 70.8 Å². The number of hydrogen-bond acceptors (Lipinski definition) is 4. The molecule has 1 unspecified atom stereocenters. The summed E-state index contributed by atoms with van der Waals surface area (Å²) >= 11 is 0. The molecule has 2 heterocycles. The van der Waals surface area contributed by atoms with Gasteiger partial charge in [-0.25, -0.2) is 4.79 Å². The molecule has 0 radical (unpaired) electrons. The average Bonchev–Trinajstić information content (AvgIpc) is 2.98. The number of aryl methyl sites for hydroxylation is 1. The highest BCUT2D eigenvalue weighted by Crippen LogP contribution is 2.42. The summed E-state index contributed by atoms with van der Waals surface area (Å²) in [6.07, 6.45) is 2.58. The van der Waals surface area contributed by atoms with Gasteiger partial charge in [0.05, 0.1) is 23.7 Å². The predicted molar refractivity (Wildman–Crippen MR) is 98.8 cm³/mol. The van der Waals surface area contributed by atoms with Gasteiger partial charge in [-0.15, -0.1) is 0 Å². The van der Waals surface area contributed by atoms with Crippen LogP contribution in [0.15, 0.2) is 48.5 Å². The van der Waals surface area contributed by atoms with Crippen molar-refractivity contribution >= 4 is 11.9 Å². The maximum Gasteiger partial charge on any atom is 0.339 e. The molecule has 1 atom stereocenters. The lowest BCUT2D eigenvalue weighted by Gasteiger charge is -2.39. The number of ether oxygens (including phenoxy) is 1. The molecule has 27 heavy (non-hydrogen) atoms. The van der Waals surface area contributed by atoms with Crippen LogP contribution in [0, 0.1) is 11.3 Å². The zero-order chi connectivity index (χ0) is 18.9. The molecule has 1 spiro atoms. The summed E-state index contributed by atoms with van der Waals surface area (Å²) in [6, 6.07) is 16.9. The smallest absolute Gasteiger partial charge is 0.339 e. The van der Waals surface area contributed by atoms with E-state index in [1.54, 1.807) is 18.2 Å². The third-order valence-electron chi connectivity index (χ3n) is 5.44. The van der Waals surface area contributed by atoms with Crippen molar-refractivity contribution in [3.63, 3.8) is 0 Å². The summed E-state index contributed by atoms with van der Waals surface area (Å²) in [5.41, 5.74) is 2.47. The van der Waals surface area contributed by atoms with Crippen molar-refractivity contribution in [2.24, 2.45) is 0 Å². The second kappa shape index (κ2) is 6.88. The van der Waals surface area contributed by atoms with E-state index in [-0.39, 0.29) is 11.9 Å². The number of fused-ring (bicyclic) bond motifs is 2. The molecule has 2 aromatic carbocycles. The van der Waals surface area contributed by atoms with Crippen molar-refractivity contribution in [3.8, 4) is 6.07 Å². The largest absolute Gasteiger partial charge is 0.449 e. The molecule has 0 saturated carbocycles. The monoisotopic (exact) mass is 360 g/mol. The van der Waals surface area contributed by atoms with E-state index in [1.807, 2.05) is 35.2 Å². The molecule has 0 N–H and O–H groups in total. The first kappa shape index (κ1) is 17.3. The normalized spacial score (nSPS) is 20.9. The molecule has 0 bridgehead atoms. The van der Waals surface area contributed by atoms with Gasteiger partial charge in [-0.05, 0) is 43.0 Å². The highest BCUT2D eigenvalue weighted by atomic mass is 16.6. The summed E-state index contributed by atoms with van der Waals surface area (Å²) in [6.45, 7) is 1.11. The Kier molecular flexibility index (Phi) is 4.41. The van der Waals surface area contributed by atoms with Crippen molar-refractivity contribution in [2.45, 2.75) is 31.3 Å². The molecule has 1 fully saturated rings. The van der Waals surface area contributed by atoms with Gasteiger partial charge in [0.2, 0.25) is 5.91 Å². The van der Waals surface area contributed by atoms with Crippen LogP contribution >= 0.6 is 0 Å². The quantitative estimate of drug-likeness (QED) is 0.788. The number of benzene rings is 2. The van der Waals surface area contributed by atoms with Gasteiger partial charge in [-0.1, -0.05) is 30.3 Å². The Bertz CT molecular complexity index is 929. The minimum absolute atomic E-state index is 0.0684. The molecule has 0 aromatic heterocycles. The van der Waals surface area contributed by atoms with Crippen molar-refractivity contribution in [1.29, 1.82) is 5.26 Å². The second-order valence-electron chi connectivity index (χ2n) is 7.16. The molecule has 2 aromatic rings. The number of rotatable bonds is 3. The minimum atomic E-state index is -0.698. The number of carbonyl (C=O) groups excluding carboxylic acids is 2. The second-order valence-corrected chi connectivity index (χ2v) is 7.16. The van der Waals surface area contributed by atoms with E-state index in [0.717, 1.165) is 24.0 Å². The summed E-state index contributed by atoms with van der Waals surface area (Å²) in [7, 11) is 0. The lowest BCUT2D eigenvalue weighted by molar-refractivity contribution is -0.138. The highest BCUT2D eigenvalue weighted by Gasteiger charge is 2.48. The van der Waals surface area contributed by atoms with Gasteiger partial charge in [0.1, 0.15) is 0 Å². The van der Waals surface area contributed by atoms with Crippen molar-refractivity contribution in [2.75, 3.05) is 13.1 Å². The molecule has 5 heteroatoms. The topological polar surface area (TPSA) is 70.4 Å². The van der Waals surface area contributed by atoms with Crippen molar-refractivity contribution in [1.82, 2.24) is 4.90 Å². The number of carbonyl (C=O) groups is 2. The molecule has 1 saturated heterocycles. The SMILES string of the molecule is N#Cc1ccc(CCC(=O)N2CCCC3(C2)OC(=O)c2ccccc23)cc1. The lowest BCUT2D eigenvalue weighted by Crippen LogP contribution is -2.48. The van der Waals surface area contributed by atoms with Gasteiger partial charge in [0, 0.05) is 18.5 Å². The fourth-order valence-corrected chi connectivity index (χ4v) is 4.04. The molecule has 5 nitrogen and oxygen atoms in total. The number of esters is 1. The maximum atomic E-state index is 12.8. The molecule has 2 aliphatic rings. The molecule has 0 aliphatic carbocycles. The van der Waals surface area contributed by atoms with E-state index in [4.69, 9.17) is 10.00 Å². The number of nitriles is 1. The summed E-state index contributed by atoms with van der Waals surface area (Å²) in [5, 5.41) is 8.86. The van der Waals surface area contributed by atoms with Gasteiger partial charge in [0.15, 0.2) is 5.60 Å². The van der Waals surface area contributed by atoms with Crippen LogP contribution in [0.1, 0.15) is 46.3 Å². The van der Waals surface area contributed by atoms with E-state index in [2.05, 4.69) is 6.07 Å². The first-order chi connectivity index (χ1) is 13.1. The van der Waals surface area contributed by atoms with Gasteiger partial charge in [0.25, 0.3) is 0 Å². The van der Waals surface area contributed by atoms with E-state index in [1.165, 1.54) is 0 Å². The summed E-state index contributed by atoms with van der Waals surface area (Å²) in [5.74, 6) is -0.226. The van der Waals surface area contributed by atoms with Crippen LogP contribution in [0.3, 0.4) is 0 Å². The van der Waals surface area contributed by atoms with E-state index in [0.29, 0.717) is 37.1 Å². The number of likely N-dealkylation sites (tertiary alicyclic amines) is 1. The van der Waals surface area contributed by atoms with Crippen LogP contribution in [0.25, 0.3) is 0 Å². The maximum absolute atomic E-state index is 12.8. The zero-order valence-electron chi connectivity index (χ0n) is 15.0. The third-order valence-corrected chi connectivity index (χ3v) is 5.44. The summed E-state index contributed by atoms with van der Waals surface area (Å²) in [4.78, 5) is 26.8. The van der Waals surface area contributed by atoms with Gasteiger partial charge >= 0.3 is 5.97 Å². The molecule has 1 amide bonds. The fraction of sp³-hybridized carbons (Fsp3) is 0.318. The van der Waals surface area contributed by atoms with Crippen LogP contribution < -0.4 is 0 Å². The van der Waals surface area contributed by atoms with Crippen LogP contribution in [-0.4, -0.2) is 29.9 Å². The Morgan fingerprint density at radius 1 is 1.19 bits per heavy atom. The van der Waals surface area contributed by atoms with E-state index >= 15 is 0 Å². The standard InChI is InChI=1S/C22H20N2O3/c23-14-17-8-6-16(7-9-17)10-11-20(25)24-13-3-12-22(15-24)19-5-2-1-4-18(19)21(26)27-22/h1-2,4-9H,3,10-13,15H2. The third kappa shape index (κ3) is 3.19. The van der Waals surface area contributed by atoms with E-state index < -0.39 is 5.60 Å². The first-order valence-electron chi connectivity index (χ1n) is 9.21. The van der Waals surface area contributed by atoms with Crippen LogP contribution in [0.5, 0.6) is 0 Å². The van der Waals surface area contributed by atoms with Crippen molar-refractivity contribution < 1.29 is 14.3 Å². The average molecular weight is 360 g/mol. The number of piperidine rings is 1. The highest BCUT2D eigenvalue weighted by molar-refractivity contribution is 5.95. The Labute approximate surface area is 158 Å². The number of amides is 1. The van der Waals surface area contributed by atoms with Gasteiger partial charge < -0.3 is 9.64 Å². The van der Waals surface area contributed by atoms with Crippen LogP contribution in [-0.2, 0) is 21.6 Å². The first-order valence-corrected chi connectivity index (χ1v) is 9.21. The number of hydrogen-bond donors (Lipinski definition) is 0. The lowest BCUT2D eigenvalue weighted by atomic mass is 9.85. The zero-order valence-corrected chi connectivity index (χ0v) is 15.0. The number of nitrogens with zero attached hydrogens (tertiary/aromatic N) is 2. The predicted octanol–water partition coefficient (Wildman–Crippen LogP) is 3.18. The Hall–Kier alpha value is -3.13. The molecule has 4 rings (SSSR count). The van der Waals surface area contributed by atoms with Crippen LogP contribution in [0.4, 0.5) is 0 Å². The molecular formula is C22H20N2O3. The summed E-state index contributed by atoms with van der Waals surface area (Å²) < 4.78 is 5.77. The van der Waals surface area contributed by atoms with E-state index in [9.17, 15) is 9.59 Å². The fourth-order valence-electron chi connectivity index (χ4n) is 4.04. The molecule has 136 valence electrons. The van der Waals surface area contributed by atoms with Crippen LogP contribution in [0.2, 0.25) is 0 Å². The Morgan fingerprint density at radius 3 is 2.74 bits per heavy atom. The minimum Gasteiger partial charge on any atom is -0.449 e. The Morgan fingerprint density at radius 2 is 1.96 bits per heavy atom. The Balaban J connectivity index is 1.45. The molecular weight excluding hydrogens is 340 g/mol. The molecule has 2 aliphatic heterocycles. The van der Waals surface area contributed by atoms with Gasteiger partial charge in [-0.3, -0.25) is 4.79 Å². The van der Waals surface area contributed by atoms with Gasteiger partial charge in [-0.2, -0.15) is 5.26 Å².